The highest BCUT2D eigenvalue weighted by Crippen LogP contribution is 2.38. The van der Waals surface area contributed by atoms with E-state index in [4.69, 9.17) is 4.98 Å². The van der Waals surface area contributed by atoms with Gasteiger partial charge in [-0.05, 0) is 80.3 Å². The number of hydrogen-bond acceptors (Lipinski definition) is 7. The van der Waals surface area contributed by atoms with Crippen molar-refractivity contribution < 1.29 is 36.2 Å². The first-order valence-corrected chi connectivity index (χ1v) is 17.2. The molecule has 0 radical (unpaired) electrons. The largest absolute Gasteiger partial charge is 0.481 e. The van der Waals surface area contributed by atoms with Crippen LogP contribution in [-0.2, 0) is 30.2 Å². The van der Waals surface area contributed by atoms with Crippen LogP contribution in [0.1, 0.15) is 66.8 Å². The predicted octanol–water partition coefficient (Wildman–Crippen LogP) is 8.51. The van der Waals surface area contributed by atoms with Gasteiger partial charge in [0.05, 0.1) is 40.6 Å². The molecule has 2 aliphatic rings. The fourth-order valence-electron chi connectivity index (χ4n) is 6.70. The molecule has 6 rings (SSSR count). The lowest BCUT2D eigenvalue weighted by molar-refractivity contribution is -0.144. The van der Waals surface area contributed by atoms with E-state index in [-0.39, 0.29) is 30.7 Å². The maximum atomic E-state index is 13.9. The molecule has 3 heterocycles. The standard InChI is InChI=1S/C37H40F6N6O2/c1-3-11-48(20-24-7-8-24)33-28(16-27-6-4-5-23(2)32(27)46-33)22-49(21-25-14-29(36(38,39)40)17-30(15-25)37(41,42)43)35-44-18-31(19-45-35)47-12-9-26(10-13-47)34(50)51/h4-6,14-19,24,26H,3,7-13,20-22H2,1-2H3,(H,50,51). The zero-order valence-electron chi connectivity index (χ0n) is 28.4. The minimum absolute atomic E-state index is 0.0536. The molecule has 0 bridgehead atoms. The van der Waals surface area contributed by atoms with Crippen LogP contribution in [0.15, 0.2) is 54.9 Å². The normalized spacial score (nSPS) is 15.7. The molecular weight excluding hydrogens is 674 g/mol. The highest BCUT2D eigenvalue weighted by molar-refractivity contribution is 5.84. The van der Waals surface area contributed by atoms with Crippen molar-refractivity contribution in [3.8, 4) is 0 Å². The second kappa shape index (κ2) is 14.5. The Morgan fingerprint density at radius 1 is 0.902 bits per heavy atom. The lowest BCUT2D eigenvalue weighted by atomic mass is 9.97. The van der Waals surface area contributed by atoms with Gasteiger partial charge in [0.1, 0.15) is 5.82 Å². The molecular formula is C37H40F6N6O2. The molecule has 272 valence electrons. The molecule has 1 saturated carbocycles. The van der Waals surface area contributed by atoms with Gasteiger partial charge in [-0.1, -0.05) is 25.1 Å². The molecule has 1 aliphatic heterocycles. The van der Waals surface area contributed by atoms with Gasteiger partial charge in [0.25, 0.3) is 0 Å². The third kappa shape index (κ3) is 8.65. The fraction of sp³-hybridized carbons (Fsp3) is 0.459. The van der Waals surface area contributed by atoms with Crippen LogP contribution >= 0.6 is 0 Å². The summed E-state index contributed by atoms with van der Waals surface area (Å²) in [5, 5.41) is 10.2. The molecule has 8 nitrogen and oxygen atoms in total. The van der Waals surface area contributed by atoms with E-state index in [1.807, 2.05) is 36.1 Å². The van der Waals surface area contributed by atoms with Crippen molar-refractivity contribution in [2.45, 2.75) is 71.4 Å². The van der Waals surface area contributed by atoms with E-state index in [1.165, 1.54) is 0 Å². The van der Waals surface area contributed by atoms with Crippen LogP contribution in [0.2, 0.25) is 0 Å². The van der Waals surface area contributed by atoms with E-state index < -0.39 is 35.4 Å². The number of fused-ring (bicyclic) bond motifs is 1. The van der Waals surface area contributed by atoms with Gasteiger partial charge in [0.2, 0.25) is 5.95 Å². The Morgan fingerprint density at radius 3 is 2.12 bits per heavy atom. The van der Waals surface area contributed by atoms with Crippen molar-refractivity contribution in [1.29, 1.82) is 0 Å². The van der Waals surface area contributed by atoms with E-state index in [1.54, 1.807) is 17.3 Å². The number of aryl methyl sites for hydroxylation is 1. The lowest BCUT2D eigenvalue weighted by Crippen LogP contribution is -2.36. The number of benzene rings is 2. The van der Waals surface area contributed by atoms with Crippen LogP contribution in [0.25, 0.3) is 10.9 Å². The van der Waals surface area contributed by atoms with E-state index in [0.29, 0.717) is 43.4 Å². The first-order valence-electron chi connectivity index (χ1n) is 17.2. The van der Waals surface area contributed by atoms with Crippen molar-refractivity contribution >= 4 is 34.3 Å². The molecule has 0 spiro atoms. The van der Waals surface area contributed by atoms with Crippen molar-refractivity contribution in [2.24, 2.45) is 11.8 Å². The van der Waals surface area contributed by atoms with Gasteiger partial charge in [-0.25, -0.2) is 15.0 Å². The van der Waals surface area contributed by atoms with E-state index in [0.717, 1.165) is 66.5 Å². The van der Waals surface area contributed by atoms with Gasteiger partial charge in [-0.2, -0.15) is 26.3 Å². The summed E-state index contributed by atoms with van der Waals surface area (Å²) in [6, 6.07) is 9.41. The smallest absolute Gasteiger partial charge is 0.416 e. The summed E-state index contributed by atoms with van der Waals surface area (Å²) < 4.78 is 83.3. The average Bonchev–Trinajstić information content (AvgIpc) is 3.91. The molecule has 0 atom stereocenters. The Hall–Kier alpha value is -4.62. The monoisotopic (exact) mass is 714 g/mol. The minimum atomic E-state index is -5.00. The number of pyridine rings is 1. The zero-order chi connectivity index (χ0) is 36.5. The zero-order valence-corrected chi connectivity index (χ0v) is 28.4. The number of halogens is 6. The van der Waals surface area contributed by atoms with E-state index in [2.05, 4.69) is 21.8 Å². The van der Waals surface area contributed by atoms with E-state index >= 15 is 0 Å². The van der Waals surface area contributed by atoms with Crippen LogP contribution in [0, 0.1) is 18.8 Å². The van der Waals surface area contributed by atoms with Crippen molar-refractivity contribution in [1.82, 2.24) is 15.0 Å². The SMILES string of the molecule is CCCN(CC1CC1)c1nc2c(C)cccc2cc1CN(Cc1cc(C(F)(F)F)cc(C(F)(F)F)c1)c1ncc(N2CCC(C(=O)O)CC2)cn1. The second-order valence-corrected chi connectivity index (χ2v) is 13.6. The Bertz CT molecular complexity index is 1820. The molecule has 51 heavy (non-hydrogen) atoms. The quantitative estimate of drug-likeness (QED) is 0.146. The number of rotatable bonds is 12. The summed E-state index contributed by atoms with van der Waals surface area (Å²) in [5.74, 6) is 0.0783. The van der Waals surface area contributed by atoms with Gasteiger partial charge in [0.15, 0.2) is 0 Å². The molecule has 2 aromatic carbocycles. The Morgan fingerprint density at radius 2 is 1.55 bits per heavy atom. The number of nitrogens with zero attached hydrogens (tertiary/aromatic N) is 6. The molecule has 4 aromatic rings. The van der Waals surface area contributed by atoms with Crippen molar-refractivity contribution in [3.05, 3.63) is 82.7 Å². The number of carboxylic acids is 1. The highest BCUT2D eigenvalue weighted by Gasteiger charge is 2.37. The summed E-state index contributed by atoms with van der Waals surface area (Å²) in [5.41, 5.74) is 0.201. The van der Waals surface area contributed by atoms with Crippen LogP contribution < -0.4 is 14.7 Å². The number of alkyl halides is 6. The molecule has 1 N–H and O–H groups in total. The Labute approximate surface area is 292 Å². The van der Waals surface area contributed by atoms with Crippen molar-refractivity contribution in [2.75, 3.05) is 40.9 Å². The Kier molecular flexibility index (Phi) is 10.3. The summed E-state index contributed by atoms with van der Waals surface area (Å²) in [4.78, 5) is 31.5. The molecule has 14 heteroatoms. The summed E-state index contributed by atoms with van der Waals surface area (Å²) in [7, 11) is 0. The van der Waals surface area contributed by atoms with Gasteiger partial charge in [-0.3, -0.25) is 4.79 Å². The van der Waals surface area contributed by atoms with Crippen LogP contribution in [-0.4, -0.2) is 52.2 Å². The number of piperidine rings is 1. The van der Waals surface area contributed by atoms with Crippen LogP contribution in [0.3, 0.4) is 0 Å². The molecule has 2 fully saturated rings. The van der Waals surface area contributed by atoms with E-state index in [9.17, 15) is 36.2 Å². The number of para-hydroxylation sites is 1. The third-order valence-corrected chi connectivity index (χ3v) is 9.57. The second-order valence-electron chi connectivity index (χ2n) is 13.6. The van der Waals surface area contributed by atoms with Crippen LogP contribution in [0.5, 0.6) is 0 Å². The third-order valence-electron chi connectivity index (χ3n) is 9.57. The van der Waals surface area contributed by atoms with Gasteiger partial charge in [0, 0.05) is 50.2 Å². The molecule has 2 aromatic heterocycles. The summed E-state index contributed by atoms with van der Waals surface area (Å²) in [6.07, 6.45) is -2.90. The minimum Gasteiger partial charge on any atom is -0.481 e. The summed E-state index contributed by atoms with van der Waals surface area (Å²) in [6.45, 7) is 6.22. The summed E-state index contributed by atoms with van der Waals surface area (Å²) >= 11 is 0. The number of aromatic nitrogens is 3. The molecule has 0 amide bonds. The molecule has 1 aliphatic carbocycles. The topological polar surface area (TPSA) is 85.7 Å². The van der Waals surface area contributed by atoms with Gasteiger partial charge < -0.3 is 19.8 Å². The maximum Gasteiger partial charge on any atom is 0.416 e. The average molecular weight is 715 g/mol. The Balaban J connectivity index is 1.42. The molecule has 0 unspecified atom stereocenters. The molecule has 1 saturated heterocycles. The highest BCUT2D eigenvalue weighted by atomic mass is 19.4. The van der Waals surface area contributed by atoms with Crippen molar-refractivity contribution in [3.63, 3.8) is 0 Å². The first kappa shape index (κ1) is 36.2. The number of anilines is 3. The predicted molar refractivity (Wildman–Crippen MR) is 183 cm³/mol. The lowest BCUT2D eigenvalue weighted by Gasteiger charge is -2.32. The number of aliphatic carboxylic acids is 1. The number of carboxylic acid groups (broad SMARTS) is 1. The first-order chi connectivity index (χ1) is 24.2. The number of carbonyl (C=O) groups is 1. The number of hydrogen-bond donors (Lipinski definition) is 1. The van der Waals surface area contributed by atoms with Crippen LogP contribution in [0.4, 0.5) is 43.8 Å². The van der Waals surface area contributed by atoms with Gasteiger partial charge in [-0.15, -0.1) is 0 Å². The maximum absolute atomic E-state index is 13.9. The fourth-order valence-corrected chi connectivity index (χ4v) is 6.70. The van der Waals surface area contributed by atoms with Gasteiger partial charge >= 0.3 is 18.3 Å².